The van der Waals surface area contributed by atoms with E-state index in [0.717, 1.165) is 11.6 Å². The first kappa shape index (κ1) is 20.6. The Kier molecular flexibility index (Phi) is 6.03. The second kappa shape index (κ2) is 8.48. The number of carboxylic acids is 1. The van der Waals surface area contributed by atoms with Crippen LogP contribution in [0.1, 0.15) is 27.9 Å². The molecule has 1 amide bonds. The number of benzene rings is 2. The zero-order valence-electron chi connectivity index (χ0n) is 15.0. The molecule has 0 radical (unpaired) electrons. The van der Waals surface area contributed by atoms with Crippen LogP contribution in [0, 0.1) is 0 Å². The Morgan fingerprint density at radius 1 is 1.00 bits per heavy atom. The van der Waals surface area contributed by atoms with Crippen LogP contribution in [0.25, 0.3) is 11.1 Å². The number of alkyl halides is 3. The summed E-state index contributed by atoms with van der Waals surface area (Å²) < 4.78 is 39.5. The van der Waals surface area contributed by atoms with Crippen molar-refractivity contribution >= 4 is 28.9 Å². The molecule has 2 N–H and O–H groups in total. The van der Waals surface area contributed by atoms with Crippen LogP contribution in [0.2, 0.25) is 0 Å². The molecular weight excluding hydrogens is 403 g/mol. The van der Waals surface area contributed by atoms with Crippen LogP contribution in [0.4, 0.5) is 18.9 Å². The molecule has 0 aliphatic heterocycles. The van der Waals surface area contributed by atoms with E-state index in [-0.39, 0.29) is 29.1 Å². The number of aromatic carboxylic acids is 1. The van der Waals surface area contributed by atoms with Gasteiger partial charge in [0.05, 0.1) is 16.8 Å². The van der Waals surface area contributed by atoms with Crippen molar-refractivity contribution in [3.8, 4) is 11.1 Å². The SMILES string of the molecule is O=C(CCc1ccc(-c2ccccc2C(F)(F)F)cc1)Nc1cscc1C(=O)O. The summed E-state index contributed by atoms with van der Waals surface area (Å²) in [7, 11) is 0. The Bertz CT molecular complexity index is 1030. The fourth-order valence-electron chi connectivity index (χ4n) is 2.86. The smallest absolute Gasteiger partial charge is 0.417 e. The molecule has 0 unspecified atom stereocenters. The van der Waals surface area contributed by atoms with Gasteiger partial charge in [-0.15, -0.1) is 11.3 Å². The Morgan fingerprint density at radius 2 is 1.69 bits per heavy atom. The number of carboxylic acid groups (broad SMARTS) is 1. The number of hydrogen-bond donors (Lipinski definition) is 2. The molecule has 2 aromatic carbocycles. The van der Waals surface area contributed by atoms with Crippen LogP contribution in [0.3, 0.4) is 0 Å². The fraction of sp³-hybridized carbons (Fsp3) is 0.143. The molecule has 0 atom stereocenters. The third kappa shape index (κ3) is 5.03. The molecule has 1 heterocycles. The molecular formula is C21H16F3NO3S. The highest BCUT2D eigenvalue weighted by atomic mass is 32.1. The molecule has 0 spiro atoms. The number of carbonyl (C=O) groups is 2. The zero-order chi connectivity index (χ0) is 21.0. The molecule has 0 saturated carbocycles. The topological polar surface area (TPSA) is 66.4 Å². The fourth-order valence-corrected chi connectivity index (χ4v) is 3.62. The maximum atomic E-state index is 13.2. The van der Waals surface area contributed by atoms with Crippen LogP contribution in [0.5, 0.6) is 0 Å². The number of halogens is 3. The van der Waals surface area contributed by atoms with E-state index in [1.54, 1.807) is 35.7 Å². The average Bonchev–Trinajstić information content (AvgIpc) is 3.14. The van der Waals surface area contributed by atoms with E-state index in [9.17, 15) is 22.8 Å². The molecule has 8 heteroatoms. The summed E-state index contributed by atoms with van der Waals surface area (Å²) in [6.07, 6.45) is -3.95. The number of rotatable bonds is 6. The lowest BCUT2D eigenvalue weighted by molar-refractivity contribution is -0.137. The second-order valence-corrected chi connectivity index (χ2v) is 7.04. The van der Waals surface area contributed by atoms with Crippen molar-refractivity contribution in [3.63, 3.8) is 0 Å². The largest absolute Gasteiger partial charge is 0.478 e. The van der Waals surface area contributed by atoms with Gasteiger partial charge in [0, 0.05) is 17.2 Å². The molecule has 29 heavy (non-hydrogen) atoms. The highest BCUT2D eigenvalue weighted by Crippen LogP contribution is 2.36. The number of carbonyl (C=O) groups excluding carboxylic acids is 1. The zero-order valence-corrected chi connectivity index (χ0v) is 15.8. The van der Waals surface area contributed by atoms with Crippen LogP contribution in [0.15, 0.2) is 59.3 Å². The number of nitrogens with one attached hydrogen (secondary N) is 1. The van der Waals surface area contributed by atoms with Crippen molar-refractivity contribution in [1.29, 1.82) is 0 Å². The van der Waals surface area contributed by atoms with E-state index >= 15 is 0 Å². The third-order valence-corrected chi connectivity index (χ3v) is 5.05. The van der Waals surface area contributed by atoms with Gasteiger partial charge in [0.15, 0.2) is 0 Å². The minimum Gasteiger partial charge on any atom is -0.478 e. The highest BCUT2D eigenvalue weighted by molar-refractivity contribution is 7.08. The summed E-state index contributed by atoms with van der Waals surface area (Å²) in [6.45, 7) is 0. The van der Waals surface area contributed by atoms with E-state index in [0.29, 0.717) is 12.0 Å². The molecule has 0 aliphatic carbocycles. The number of amides is 1. The molecule has 3 aromatic rings. The molecule has 1 aromatic heterocycles. The Balaban J connectivity index is 1.65. The van der Waals surface area contributed by atoms with Gasteiger partial charge < -0.3 is 10.4 Å². The Morgan fingerprint density at radius 3 is 2.34 bits per heavy atom. The van der Waals surface area contributed by atoms with Crippen LogP contribution in [-0.4, -0.2) is 17.0 Å². The van der Waals surface area contributed by atoms with Crippen molar-refractivity contribution in [1.82, 2.24) is 0 Å². The van der Waals surface area contributed by atoms with Crippen LogP contribution < -0.4 is 5.32 Å². The minimum atomic E-state index is -4.44. The van der Waals surface area contributed by atoms with Gasteiger partial charge in [-0.2, -0.15) is 13.2 Å². The summed E-state index contributed by atoms with van der Waals surface area (Å²) in [5, 5.41) is 14.6. The first-order valence-electron chi connectivity index (χ1n) is 8.60. The average molecular weight is 419 g/mol. The summed E-state index contributed by atoms with van der Waals surface area (Å²) in [6, 6.07) is 11.9. The first-order chi connectivity index (χ1) is 13.8. The van der Waals surface area contributed by atoms with Gasteiger partial charge in [0.2, 0.25) is 5.91 Å². The van der Waals surface area contributed by atoms with Crippen LogP contribution in [-0.2, 0) is 17.4 Å². The molecule has 0 bridgehead atoms. The molecule has 0 aliphatic rings. The minimum absolute atomic E-state index is 0.0380. The maximum absolute atomic E-state index is 13.2. The maximum Gasteiger partial charge on any atom is 0.417 e. The quantitative estimate of drug-likeness (QED) is 0.538. The molecule has 3 rings (SSSR count). The lowest BCUT2D eigenvalue weighted by atomic mass is 9.97. The first-order valence-corrected chi connectivity index (χ1v) is 9.55. The molecule has 150 valence electrons. The van der Waals surface area contributed by atoms with Crippen molar-refractivity contribution in [3.05, 3.63) is 76.0 Å². The van der Waals surface area contributed by atoms with Crippen LogP contribution >= 0.6 is 11.3 Å². The van der Waals surface area contributed by atoms with Gasteiger partial charge in [-0.05, 0) is 29.2 Å². The standard InChI is InChI=1S/C21H16F3NO3S/c22-21(23,24)17-4-2-1-3-15(17)14-8-5-13(6-9-14)7-10-19(26)25-18-12-29-11-16(18)20(27)28/h1-6,8-9,11-12H,7,10H2,(H,25,26)(H,27,28). The Hall–Kier alpha value is -3.13. The van der Waals surface area contributed by atoms with E-state index < -0.39 is 17.7 Å². The Labute approximate surface area is 168 Å². The van der Waals surface area contributed by atoms with Crippen molar-refractivity contribution in [2.45, 2.75) is 19.0 Å². The lowest BCUT2D eigenvalue weighted by Gasteiger charge is -2.13. The van der Waals surface area contributed by atoms with E-state index in [1.807, 2.05) is 0 Å². The lowest BCUT2D eigenvalue weighted by Crippen LogP contribution is -2.14. The normalized spacial score (nSPS) is 11.3. The monoisotopic (exact) mass is 419 g/mol. The number of aryl methyl sites for hydroxylation is 1. The van der Waals surface area contributed by atoms with E-state index in [4.69, 9.17) is 5.11 Å². The van der Waals surface area contributed by atoms with Gasteiger partial charge in [-0.1, -0.05) is 42.5 Å². The predicted octanol–water partition coefficient (Wildman–Crippen LogP) is 5.70. The number of anilines is 1. The summed E-state index contributed by atoms with van der Waals surface area (Å²) in [5.74, 6) is -1.45. The van der Waals surface area contributed by atoms with E-state index in [1.165, 1.54) is 28.8 Å². The second-order valence-electron chi connectivity index (χ2n) is 6.29. The third-order valence-electron chi connectivity index (χ3n) is 4.30. The predicted molar refractivity (Wildman–Crippen MR) is 105 cm³/mol. The van der Waals surface area contributed by atoms with Gasteiger partial charge >= 0.3 is 12.1 Å². The van der Waals surface area contributed by atoms with Crippen molar-refractivity contribution < 1.29 is 27.9 Å². The molecule has 0 fully saturated rings. The van der Waals surface area contributed by atoms with E-state index in [2.05, 4.69) is 5.32 Å². The van der Waals surface area contributed by atoms with Gasteiger partial charge in [-0.25, -0.2) is 4.79 Å². The van der Waals surface area contributed by atoms with Gasteiger partial charge in [0.25, 0.3) is 0 Å². The summed E-state index contributed by atoms with van der Waals surface area (Å²) >= 11 is 1.18. The van der Waals surface area contributed by atoms with Crippen molar-refractivity contribution in [2.75, 3.05) is 5.32 Å². The summed E-state index contributed by atoms with van der Waals surface area (Å²) in [5.41, 5.74) is 0.926. The molecule has 0 saturated heterocycles. The van der Waals surface area contributed by atoms with Gasteiger partial charge in [0.1, 0.15) is 0 Å². The van der Waals surface area contributed by atoms with Gasteiger partial charge in [-0.3, -0.25) is 4.79 Å². The highest BCUT2D eigenvalue weighted by Gasteiger charge is 2.33. The number of thiophene rings is 1. The molecule has 4 nitrogen and oxygen atoms in total. The summed E-state index contributed by atoms with van der Waals surface area (Å²) in [4.78, 5) is 23.1. The van der Waals surface area contributed by atoms with Crippen molar-refractivity contribution in [2.24, 2.45) is 0 Å². The number of hydrogen-bond acceptors (Lipinski definition) is 3.